The van der Waals surface area contributed by atoms with Crippen molar-refractivity contribution in [1.29, 1.82) is 0 Å². The molecule has 8 heteroatoms. The number of nitro groups is 1. The highest BCUT2D eigenvalue weighted by atomic mass is 32.2. The van der Waals surface area contributed by atoms with E-state index < -0.39 is 4.92 Å². The van der Waals surface area contributed by atoms with Crippen molar-refractivity contribution in [1.82, 2.24) is 10.2 Å². The number of benzene rings is 1. The summed E-state index contributed by atoms with van der Waals surface area (Å²) in [6.45, 7) is 0.130. The zero-order valence-corrected chi connectivity index (χ0v) is 10.2. The van der Waals surface area contributed by atoms with Crippen LogP contribution in [-0.4, -0.2) is 21.4 Å². The van der Waals surface area contributed by atoms with E-state index in [2.05, 4.69) is 10.2 Å². The van der Waals surface area contributed by atoms with Crippen molar-refractivity contribution in [3.8, 4) is 5.75 Å². The van der Waals surface area contributed by atoms with E-state index in [4.69, 9.17) is 9.15 Å². The van der Waals surface area contributed by atoms with Crippen molar-refractivity contribution in [3.63, 3.8) is 0 Å². The highest BCUT2D eigenvalue weighted by Gasteiger charge is 2.07. The standard InChI is InChI=1S/C10H9N3O4S/c1-18-10-12-11-9(17-10)6-16-8-4-2-7(3-5-8)13(14)15/h2-5H,6H2,1H3. The van der Waals surface area contributed by atoms with Crippen molar-refractivity contribution >= 4 is 17.4 Å². The van der Waals surface area contributed by atoms with Crippen LogP contribution in [0, 0.1) is 10.1 Å². The Morgan fingerprint density at radius 1 is 1.39 bits per heavy atom. The van der Waals surface area contributed by atoms with Gasteiger partial charge in [-0.1, -0.05) is 11.8 Å². The normalized spacial score (nSPS) is 10.3. The summed E-state index contributed by atoms with van der Waals surface area (Å²) in [6, 6.07) is 5.78. The van der Waals surface area contributed by atoms with Gasteiger partial charge >= 0.3 is 0 Å². The number of aromatic nitrogens is 2. The molecule has 0 aliphatic carbocycles. The van der Waals surface area contributed by atoms with E-state index >= 15 is 0 Å². The smallest absolute Gasteiger partial charge is 0.276 e. The van der Waals surface area contributed by atoms with Crippen LogP contribution in [0.3, 0.4) is 0 Å². The van der Waals surface area contributed by atoms with Crippen molar-refractivity contribution in [2.75, 3.05) is 6.26 Å². The third-order valence-corrected chi connectivity index (χ3v) is 2.55. The number of nitrogens with zero attached hydrogens (tertiary/aromatic N) is 3. The van der Waals surface area contributed by atoms with Gasteiger partial charge in [0.2, 0.25) is 0 Å². The Bertz CT molecular complexity index is 540. The van der Waals surface area contributed by atoms with Gasteiger partial charge in [0.15, 0.2) is 6.61 Å². The molecule has 18 heavy (non-hydrogen) atoms. The minimum absolute atomic E-state index is 0.0183. The average molecular weight is 267 g/mol. The molecule has 7 nitrogen and oxygen atoms in total. The number of ether oxygens (including phenoxy) is 1. The monoisotopic (exact) mass is 267 g/mol. The molecule has 0 saturated heterocycles. The SMILES string of the molecule is CSc1nnc(COc2ccc([N+](=O)[O-])cc2)o1. The summed E-state index contributed by atoms with van der Waals surface area (Å²) in [7, 11) is 0. The van der Waals surface area contributed by atoms with Gasteiger partial charge in [0, 0.05) is 12.1 Å². The molecule has 0 saturated carbocycles. The Labute approximate surface area is 106 Å². The lowest BCUT2D eigenvalue weighted by Crippen LogP contribution is -1.96. The van der Waals surface area contributed by atoms with Crippen molar-refractivity contribution in [2.45, 2.75) is 11.8 Å². The number of hydrogen-bond donors (Lipinski definition) is 0. The molecule has 2 aromatic rings. The van der Waals surface area contributed by atoms with Gasteiger partial charge in [-0.15, -0.1) is 10.2 Å². The van der Waals surface area contributed by atoms with Crippen LogP contribution in [0.1, 0.15) is 5.89 Å². The van der Waals surface area contributed by atoms with Crippen LogP contribution in [-0.2, 0) is 6.61 Å². The first-order valence-corrected chi connectivity index (χ1v) is 6.15. The molecule has 1 aromatic heterocycles. The highest BCUT2D eigenvalue weighted by molar-refractivity contribution is 7.98. The molecular weight excluding hydrogens is 258 g/mol. The van der Waals surface area contributed by atoms with Gasteiger partial charge in [-0.3, -0.25) is 10.1 Å². The topological polar surface area (TPSA) is 91.3 Å². The molecule has 1 heterocycles. The van der Waals surface area contributed by atoms with Crippen LogP contribution in [0.5, 0.6) is 5.75 Å². The van der Waals surface area contributed by atoms with Crippen LogP contribution in [0.2, 0.25) is 0 Å². The quantitative estimate of drug-likeness (QED) is 0.466. The Morgan fingerprint density at radius 3 is 2.67 bits per heavy atom. The molecule has 0 aliphatic heterocycles. The van der Waals surface area contributed by atoms with E-state index in [0.29, 0.717) is 16.9 Å². The molecule has 0 spiro atoms. The Hall–Kier alpha value is -2.09. The van der Waals surface area contributed by atoms with Crippen molar-refractivity contribution < 1.29 is 14.1 Å². The molecule has 0 N–H and O–H groups in total. The van der Waals surface area contributed by atoms with Crippen LogP contribution in [0.15, 0.2) is 33.9 Å². The fraction of sp³-hybridized carbons (Fsp3) is 0.200. The lowest BCUT2D eigenvalue weighted by Gasteiger charge is -2.01. The summed E-state index contributed by atoms with van der Waals surface area (Å²) in [4.78, 5) is 9.99. The molecule has 0 bridgehead atoms. The molecule has 0 unspecified atom stereocenters. The molecule has 0 amide bonds. The first-order chi connectivity index (χ1) is 8.69. The van der Waals surface area contributed by atoms with Crippen LogP contribution in [0.25, 0.3) is 0 Å². The van der Waals surface area contributed by atoms with Crippen molar-refractivity contribution in [2.24, 2.45) is 0 Å². The first-order valence-electron chi connectivity index (χ1n) is 4.92. The van der Waals surface area contributed by atoms with Crippen molar-refractivity contribution in [3.05, 3.63) is 40.3 Å². The van der Waals surface area contributed by atoms with Gasteiger partial charge in [-0.2, -0.15) is 0 Å². The fourth-order valence-electron chi connectivity index (χ4n) is 1.19. The zero-order chi connectivity index (χ0) is 13.0. The lowest BCUT2D eigenvalue weighted by atomic mass is 10.3. The fourth-order valence-corrected chi connectivity index (χ4v) is 1.49. The second-order valence-electron chi connectivity index (χ2n) is 3.21. The van der Waals surface area contributed by atoms with Crippen LogP contribution >= 0.6 is 11.8 Å². The van der Waals surface area contributed by atoms with E-state index in [-0.39, 0.29) is 12.3 Å². The number of rotatable bonds is 5. The molecular formula is C10H9N3O4S. The molecule has 0 atom stereocenters. The van der Waals surface area contributed by atoms with E-state index in [1.165, 1.54) is 36.0 Å². The molecule has 0 aliphatic rings. The Morgan fingerprint density at radius 2 is 2.11 bits per heavy atom. The second-order valence-corrected chi connectivity index (χ2v) is 3.96. The maximum absolute atomic E-state index is 10.5. The summed E-state index contributed by atoms with van der Waals surface area (Å²) in [6.07, 6.45) is 1.83. The van der Waals surface area contributed by atoms with Gasteiger partial charge in [0.05, 0.1) is 4.92 Å². The third-order valence-electron chi connectivity index (χ3n) is 2.03. The predicted octanol–water partition coefficient (Wildman–Crippen LogP) is 2.28. The van der Waals surface area contributed by atoms with E-state index in [1.807, 2.05) is 6.26 Å². The van der Waals surface area contributed by atoms with Gasteiger partial charge in [0.25, 0.3) is 16.8 Å². The Balaban J connectivity index is 1.95. The third kappa shape index (κ3) is 2.98. The summed E-state index contributed by atoms with van der Waals surface area (Å²) in [5.74, 6) is 0.863. The minimum atomic E-state index is -0.466. The molecule has 1 aromatic carbocycles. The van der Waals surface area contributed by atoms with Gasteiger partial charge in [-0.25, -0.2) is 0 Å². The maximum atomic E-state index is 10.5. The number of hydrogen-bond acceptors (Lipinski definition) is 7. The number of nitro benzene ring substituents is 1. The lowest BCUT2D eigenvalue weighted by molar-refractivity contribution is -0.384. The van der Waals surface area contributed by atoms with Gasteiger partial charge in [-0.05, 0) is 18.4 Å². The molecule has 0 radical (unpaired) electrons. The molecule has 0 fully saturated rings. The van der Waals surface area contributed by atoms with Crippen LogP contribution < -0.4 is 4.74 Å². The molecule has 94 valence electrons. The largest absolute Gasteiger partial charge is 0.484 e. The summed E-state index contributed by atoms with van der Waals surface area (Å²) < 4.78 is 10.6. The summed E-state index contributed by atoms with van der Waals surface area (Å²) in [5, 5.41) is 18.5. The summed E-state index contributed by atoms with van der Waals surface area (Å²) >= 11 is 1.35. The van der Waals surface area contributed by atoms with Crippen LogP contribution in [0.4, 0.5) is 5.69 Å². The van der Waals surface area contributed by atoms with E-state index in [0.717, 1.165) is 0 Å². The maximum Gasteiger partial charge on any atom is 0.276 e. The van der Waals surface area contributed by atoms with E-state index in [9.17, 15) is 10.1 Å². The summed E-state index contributed by atoms with van der Waals surface area (Å²) in [5.41, 5.74) is 0.0183. The predicted molar refractivity (Wildman–Crippen MR) is 63.5 cm³/mol. The van der Waals surface area contributed by atoms with Gasteiger partial charge < -0.3 is 9.15 Å². The van der Waals surface area contributed by atoms with E-state index in [1.54, 1.807) is 0 Å². The molecule has 2 rings (SSSR count). The number of non-ortho nitro benzene ring substituents is 1. The van der Waals surface area contributed by atoms with Gasteiger partial charge in [0.1, 0.15) is 5.75 Å². The minimum Gasteiger partial charge on any atom is -0.484 e. The average Bonchev–Trinajstić information content (AvgIpc) is 2.85. The zero-order valence-electron chi connectivity index (χ0n) is 9.40. The Kier molecular flexibility index (Phi) is 3.78. The number of thioether (sulfide) groups is 1. The highest BCUT2D eigenvalue weighted by Crippen LogP contribution is 2.19. The second kappa shape index (κ2) is 5.50. The first kappa shape index (κ1) is 12.4.